The van der Waals surface area contributed by atoms with E-state index in [-0.39, 0.29) is 29.8 Å². The smallest absolute Gasteiger partial charge is 0.264 e. The number of sulfonamides is 1. The van der Waals surface area contributed by atoms with Gasteiger partial charge in [-0.15, -0.1) is 0 Å². The Hall–Kier alpha value is -3.95. The van der Waals surface area contributed by atoms with E-state index in [4.69, 9.17) is 0 Å². The third-order valence-electron chi connectivity index (χ3n) is 7.40. The van der Waals surface area contributed by atoms with Crippen LogP contribution in [0.1, 0.15) is 36.1 Å². The third-order valence-corrected chi connectivity index (χ3v) is 9.67. The van der Waals surface area contributed by atoms with Gasteiger partial charge < -0.3 is 10.2 Å². The SMILES string of the molecule is Cc1cccc(N(CC(=O)N(Cc2cccc(Br)c2)[C@@H](Cc2ccccc2)C(=O)NC(C)C)S(=O)(=O)c2ccccc2)c1C. The van der Waals surface area contributed by atoms with Crippen LogP contribution < -0.4 is 9.62 Å². The summed E-state index contributed by atoms with van der Waals surface area (Å²) >= 11 is 3.51. The van der Waals surface area contributed by atoms with E-state index in [0.29, 0.717) is 5.69 Å². The average molecular weight is 677 g/mol. The molecule has 0 bridgehead atoms. The number of benzene rings is 4. The molecule has 44 heavy (non-hydrogen) atoms. The third kappa shape index (κ3) is 8.15. The van der Waals surface area contributed by atoms with Crippen LogP contribution in [0.25, 0.3) is 0 Å². The van der Waals surface area contributed by atoms with Gasteiger partial charge in [-0.25, -0.2) is 8.42 Å². The Kier molecular flexibility index (Phi) is 11.0. The molecule has 0 aromatic heterocycles. The van der Waals surface area contributed by atoms with Crippen LogP contribution in [-0.2, 0) is 32.6 Å². The number of anilines is 1. The number of nitrogens with zero attached hydrogens (tertiary/aromatic N) is 2. The zero-order valence-corrected chi connectivity index (χ0v) is 27.8. The molecule has 9 heteroatoms. The first-order chi connectivity index (χ1) is 21.0. The average Bonchev–Trinajstić information content (AvgIpc) is 2.99. The molecule has 0 aliphatic carbocycles. The number of aryl methyl sites for hydroxylation is 1. The van der Waals surface area contributed by atoms with E-state index in [9.17, 15) is 18.0 Å². The van der Waals surface area contributed by atoms with E-state index in [1.807, 2.05) is 88.4 Å². The monoisotopic (exact) mass is 675 g/mol. The molecule has 0 aliphatic heterocycles. The lowest BCUT2D eigenvalue weighted by atomic mass is 10.0. The fourth-order valence-electron chi connectivity index (χ4n) is 5.01. The molecule has 230 valence electrons. The molecular weight excluding hydrogens is 638 g/mol. The van der Waals surface area contributed by atoms with Gasteiger partial charge in [-0.1, -0.05) is 88.7 Å². The first-order valence-electron chi connectivity index (χ1n) is 14.5. The lowest BCUT2D eigenvalue weighted by Crippen LogP contribution is -2.54. The summed E-state index contributed by atoms with van der Waals surface area (Å²) in [4.78, 5) is 29.9. The van der Waals surface area contributed by atoms with Crippen molar-refractivity contribution in [3.8, 4) is 0 Å². The van der Waals surface area contributed by atoms with Crippen LogP contribution in [0.4, 0.5) is 5.69 Å². The van der Waals surface area contributed by atoms with E-state index in [1.165, 1.54) is 21.3 Å². The van der Waals surface area contributed by atoms with Gasteiger partial charge in [0.15, 0.2) is 0 Å². The number of hydrogen-bond acceptors (Lipinski definition) is 4. The number of rotatable bonds is 12. The molecule has 0 saturated carbocycles. The highest BCUT2D eigenvalue weighted by Crippen LogP contribution is 2.29. The van der Waals surface area contributed by atoms with Crippen LogP contribution in [0.5, 0.6) is 0 Å². The molecule has 0 aliphatic rings. The molecule has 2 amide bonds. The highest BCUT2D eigenvalue weighted by molar-refractivity contribution is 9.10. The maximum Gasteiger partial charge on any atom is 0.264 e. The highest BCUT2D eigenvalue weighted by atomic mass is 79.9. The first kappa shape index (κ1) is 33.0. The van der Waals surface area contributed by atoms with Gasteiger partial charge in [-0.2, -0.15) is 0 Å². The topological polar surface area (TPSA) is 86.8 Å². The van der Waals surface area contributed by atoms with Crippen molar-refractivity contribution in [2.75, 3.05) is 10.8 Å². The van der Waals surface area contributed by atoms with Crippen LogP contribution in [0.3, 0.4) is 0 Å². The maximum atomic E-state index is 14.5. The lowest BCUT2D eigenvalue weighted by molar-refractivity contribution is -0.140. The van der Waals surface area contributed by atoms with E-state index in [1.54, 1.807) is 30.3 Å². The molecule has 0 heterocycles. The largest absolute Gasteiger partial charge is 0.352 e. The number of amides is 2. The predicted octanol–water partition coefficient (Wildman–Crippen LogP) is 6.43. The number of hydrogen-bond donors (Lipinski definition) is 1. The second kappa shape index (κ2) is 14.7. The Labute approximate surface area is 269 Å². The van der Waals surface area contributed by atoms with Crippen LogP contribution in [-0.4, -0.2) is 43.8 Å². The van der Waals surface area contributed by atoms with Crippen LogP contribution in [0, 0.1) is 13.8 Å². The number of halogens is 1. The summed E-state index contributed by atoms with van der Waals surface area (Å²) in [5.41, 5.74) is 3.74. The number of nitrogens with one attached hydrogen (secondary N) is 1. The molecule has 0 unspecified atom stereocenters. The van der Waals surface area contributed by atoms with Gasteiger partial charge in [0, 0.05) is 23.5 Å². The van der Waals surface area contributed by atoms with E-state index < -0.39 is 28.5 Å². The Morgan fingerprint density at radius 2 is 1.43 bits per heavy atom. The van der Waals surface area contributed by atoms with Crippen LogP contribution >= 0.6 is 15.9 Å². The van der Waals surface area contributed by atoms with Crippen molar-refractivity contribution in [3.05, 3.63) is 130 Å². The Bertz CT molecular complexity index is 1700. The molecule has 1 atom stereocenters. The summed E-state index contributed by atoms with van der Waals surface area (Å²) in [5.74, 6) is -0.804. The molecule has 1 N–H and O–H groups in total. The van der Waals surface area contributed by atoms with Crippen molar-refractivity contribution in [1.29, 1.82) is 0 Å². The standard InChI is InChI=1S/C35H38BrN3O4S/c1-25(2)37-35(41)33(22-28-14-7-5-8-15-28)38(23-29-16-12-17-30(36)21-29)34(40)24-39(32-20-11-13-26(3)27(32)4)44(42,43)31-18-9-6-10-19-31/h5-21,25,33H,22-24H2,1-4H3,(H,37,41)/t33-/m0/s1. The molecule has 4 aromatic rings. The van der Waals surface area contributed by atoms with Crippen LogP contribution in [0.15, 0.2) is 112 Å². The minimum Gasteiger partial charge on any atom is -0.352 e. The fraction of sp³-hybridized carbons (Fsp3) is 0.257. The zero-order valence-electron chi connectivity index (χ0n) is 25.4. The summed E-state index contributed by atoms with van der Waals surface area (Å²) in [6, 6.07) is 29.5. The predicted molar refractivity (Wildman–Crippen MR) is 179 cm³/mol. The molecular formula is C35H38BrN3O4S. The van der Waals surface area contributed by atoms with Gasteiger partial charge in [-0.05, 0) is 80.3 Å². The second-order valence-corrected chi connectivity index (χ2v) is 13.8. The highest BCUT2D eigenvalue weighted by Gasteiger charge is 2.35. The molecule has 0 saturated heterocycles. The van der Waals surface area contributed by atoms with Gasteiger partial charge in [0.2, 0.25) is 11.8 Å². The number of carbonyl (C=O) groups is 2. The van der Waals surface area contributed by atoms with Gasteiger partial charge in [0.1, 0.15) is 12.6 Å². The lowest BCUT2D eigenvalue weighted by Gasteiger charge is -2.34. The summed E-state index contributed by atoms with van der Waals surface area (Å²) in [5, 5.41) is 2.98. The fourth-order valence-corrected chi connectivity index (χ4v) is 6.94. The van der Waals surface area contributed by atoms with Gasteiger partial charge >= 0.3 is 0 Å². The Balaban J connectivity index is 1.83. The van der Waals surface area contributed by atoms with Gasteiger partial charge in [-0.3, -0.25) is 13.9 Å². The second-order valence-electron chi connectivity index (χ2n) is 11.1. The quantitative estimate of drug-likeness (QED) is 0.188. The summed E-state index contributed by atoms with van der Waals surface area (Å²) in [6.07, 6.45) is 0.258. The minimum atomic E-state index is -4.15. The van der Waals surface area contributed by atoms with Crippen molar-refractivity contribution in [3.63, 3.8) is 0 Å². The van der Waals surface area contributed by atoms with Gasteiger partial charge in [0.05, 0.1) is 10.6 Å². The van der Waals surface area contributed by atoms with Crippen molar-refractivity contribution >= 4 is 43.5 Å². The zero-order chi connectivity index (χ0) is 31.9. The normalized spacial score (nSPS) is 12.0. The van der Waals surface area contributed by atoms with Crippen LogP contribution in [0.2, 0.25) is 0 Å². The van der Waals surface area contributed by atoms with Crippen molar-refractivity contribution < 1.29 is 18.0 Å². The van der Waals surface area contributed by atoms with E-state index in [2.05, 4.69) is 21.2 Å². The summed E-state index contributed by atoms with van der Waals surface area (Å²) in [7, 11) is -4.15. The van der Waals surface area contributed by atoms with Gasteiger partial charge in [0.25, 0.3) is 10.0 Å². The molecule has 4 rings (SSSR count). The Morgan fingerprint density at radius 1 is 0.818 bits per heavy atom. The summed E-state index contributed by atoms with van der Waals surface area (Å²) < 4.78 is 30.3. The van der Waals surface area contributed by atoms with Crippen molar-refractivity contribution in [2.45, 2.75) is 57.6 Å². The molecule has 0 spiro atoms. The maximum absolute atomic E-state index is 14.5. The number of carbonyl (C=O) groups excluding carboxylic acids is 2. The van der Waals surface area contributed by atoms with E-state index in [0.717, 1.165) is 26.7 Å². The molecule has 0 fully saturated rings. The Morgan fingerprint density at radius 3 is 2.07 bits per heavy atom. The van der Waals surface area contributed by atoms with Crippen molar-refractivity contribution in [2.24, 2.45) is 0 Å². The summed E-state index contributed by atoms with van der Waals surface area (Å²) in [6.45, 7) is 7.10. The molecule has 4 aromatic carbocycles. The molecule has 0 radical (unpaired) electrons. The first-order valence-corrected chi connectivity index (χ1v) is 16.7. The molecule has 7 nitrogen and oxygen atoms in total. The van der Waals surface area contributed by atoms with E-state index >= 15 is 0 Å². The minimum absolute atomic E-state index is 0.0747. The van der Waals surface area contributed by atoms with Crippen molar-refractivity contribution in [1.82, 2.24) is 10.2 Å².